The Hall–Kier alpha value is -2.22. The molecule has 0 radical (unpaired) electrons. The van der Waals surface area contributed by atoms with Crippen LogP contribution < -0.4 is 15.2 Å². The predicted molar refractivity (Wildman–Crippen MR) is 131 cm³/mol. The van der Waals surface area contributed by atoms with E-state index in [0.29, 0.717) is 26.0 Å². The van der Waals surface area contributed by atoms with Gasteiger partial charge >= 0.3 is 5.97 Å². The monoisotopic (exact) mass is 460 g/mol. The highest BCUT2D eigenvalue weighted by molar-refractivity contribution is 7.99. The van der Waals surface area contributed by atoms with Crippen molar-refractivity contribution in [1.29, 1.82) is 0 Å². The number of ether oxygens (including phenoxy) is 3. The van der Waals surface area contributed by atoms with E-state index in [4.69, 9.17) is 19.9 Å². The molecule has 2 aromatic carbocycles. The molecule has 0 aliphatic carbocycles. The Labute approximate surface area is 196 Å². The number of para-hydroxylation sites is 1. The van der Waals surface area contributed by atoms with Crippen LogP contribution >= 0.6 is 11.8 Å². The molecule has 2 N–H and O–H groups in total. The Morgan fingerprint density at radius 2 is 1.91 bits per heavy atom. The third-order valence-corrected chi connectivity index (χ3v) is 5.86. The van der Waals surface area contributed by atoms with E-state index in [1.54, 1.807) is 18.9 Å². The van der Waals surface area contributed by atoms with Crippen LogP contribution in [0, 0.1) is 0 Å². The average Bonchev–Trinajstić information content (AvgIpc) is 2.79. The van der Waals surface area contributed by atoms with E-state index in [-0.39, 0.29) is 17.4 Å². The zero-order chi connectivity index (χ0) is 23.3. The molecule has 0 aromatic heterocycles. The lowest BCUT2D eigenvalue weighted by atomic mass is 10.0. The molecule has 6 nitrogen and oxygen atoms in total. The summed E-state index contributed by atoms with van der Waals surface area (Å²) in [5.41, 5.74) is 8.22. The third kappa shape index (κ3) is 9.51. The molecular weight excluding hydrogens is 424 g/mol. The van der Waals surface area contributed by atoms with Gasteiger partial charge in [0.1, 0.15) is 24.2 Å². The van der Waals surface area contributed by atoms with E-state index < -0.39 is 0 Å². The highest BCUT2D eigenvalue weighted by Crippen LogP contribution is 2.22. The highest BCUT2D eigenvalue weighted by Gasteiger charge is 2.18. The molecule has 0 aliphatic rings. The molecule has 0 fully saturated rings. The summed E-state index contributed by atoms with van der Waals surface area (Å²) in [5.74, 6) is 1.44. The van der Waals surface area contributed by atoms with Crippen molar-refractivity contribution in [2.45, 2.75) is 37.2 Å². The van der Waals surface area contributed by atoms with Crippen LogP contribution in [-0.4, -0.2) is 63.0 Å². The number of nitrogens with zero attached hydrogens (tertiary/aromatic N) is 1. The van der Waals surface area contributed by atoms with E-state index in [0.717, 1.165) is 29.9 Å². The molecule has 0 amide bonds. The lowest BCUT2D eigenvalue weighted by Gasteiger charge is -2.23. The number of aryl methyl sites for hydroxylation is 2. The maximum absolute atomic E-state index is 12.3. The Morgan fingerprint density at radius 3 is 2.62 bits per heavy atom. The van der Waals surface area contributed by atoms with Crippen molar-refractivity contribution in [2.24, 2.45) is 5.73 Å². The second-order valence-corrected chi connectivity index (χ2v) is 9.03. The number of rotatable bonds is 14. The number of thioether (sulfide) groups is 1. The van der Waals surface area contributed by atoms with Crippen LogP contribution in [0.5, 0.6) is 11.5 Å². The van der Waals surface area contributed by atoms with Gasteiger partial charge in [-0.25, -0.2) is 0 Å². The fraction of sp³-hybridized carbons (Fsp3) is 0.480. The van der Waals surface area contributed by atoms with Crippen LogP contribution in [0.2, 0.25) is 0 Å². The number of hydrogen-bond donors (Lipinski definition) is 1. The molecule has 0 bridgehead atoms. The van der Waals surface area contributed by atoms with E-state index in [2.05, 4.69) is 18.2 Å². The van der Waals surface area contributed by atoms with Gasteiger partial charge in [-0.2, -0.15) is 0 Å². The number of methoxy groups -OCH3 is 1. The maximum atomic E-state index is 12.3. The van der Waals surface area contributed by atoms with Gasteiger partial charge in [0.15, 0.2) is 0 Å². The lowest BCUT2D eigenvalue weighted by molar-refractivity contribution is -0.151. The van der Waals surface area contributed by atoms with E-state index in [1.165, 1.54) is 5.56 Å². The summed E-state index contributed by atoms with van der Waals surface area (Å²) in [6, 6.07) is 16.1. The highest BCUT2D eigenvalue weighted by atomic mass is 32.2. The lowest BCUT2D eigenvalue weighted by Crippen LogP contribution is -2.35. The van der Waals surface area contributed by atoms with Crippen LogP contribution in [-0.2, 0) is 22.4 Å². The molecular formula is C25H36N2O4S. The number of likely N-dealkylation sites (N-methyl/N-ethyl adjacent to an activating group) is 1. The summed E-state index contributed by atoms with van der Waals surface area (Å²) in [6.07, 6.45) is 4.21. The fourth-order valence-corrected chi connectivity index (χ4v) is 3.65. The molecule has 2 rings (SSSR count). The van der Waals surface area contributed by atoms with Crippen molar-refractivity contribution >= 4 is 17.7 Å². The van der Waals surface area contributed by atoms with Crippen LogP contribution in [0.1, 0.15) is 24.0 Å². The summed E-state index contributed by atoms with van der Waals surface area (Å²) < 4.78 is 17.1. The van der Waals surface area contributed by atoms with Crippen molar-refractivity contribution in [3.8, 4) is 11.5 Å². The van der Waals surface area contributed by atoms with Gasteiger partial charge in [-0.15, -0.1) is 11.8 Å². The van der Waals surface area contributed by atoms with Gasteiger partial charge in [-0.3, -0.25) is 4.79 Å². The SMILES string of the molecule is COc1cccc(CCc2ccccc2OC[C@H](CN(C)C)OC(=O)CC[C@H](N)SC)c1. The van der Waals surface area contributed by atoms with Gasteiger partial charge in [0.05, 0.1) is 12.5 Å². The van der Waals surface area contributed by atoms with Crippen LogP contribution in [0.25, 0.3) is 0 Å². The first-order valence-electron chi connectivity index (χ1n) is 10.9. The second-order valence-electron chi connectivity index (χ2n) is 7.96. The van der Waals surface area contributed by atoms with E-state index in [1.807, 2.05) is 55.6 Å². The minimum atomic E-state index is -0.352. The zero-order valence-corrected chi connectivity index (χ0v) is 20.4. The zero-order valence-electron chi connectivity index (χ0n) is 19.6. The minimum Gasteiger partial charge on any atom is -0.497 e. The van der Waals surface area contributed by atoms with Crippen molar-refractivity contribution in [1.82, 2.24) is 4.90 Å². The van der Waals surface area contributed by atoms with Gasteiger partial charge in [0.2, 0.25) is 0 Å². The number of nitrogens with two attached hydrogens (primary N) is 1. The van der Waals surface area contributed by atoms with Crippen LogP contribution in [0.3, 0.4) is 0 Å². The second kappa shape index (κ2) is 14.0. The van der Waals surface area contributed by atoms with E-state index >= 15 is 0 Å². The summed E-state index contributed by atoms with van der Waals surface area (Å²) in [7, 11) is 5.58. The number of carbonyl (C=O) groups is 1. The summed E-state index contributed by atoms with van der Waals surface area (Å²) in [4.78, 5) is 14.3. The first-order valence-corrected chi connectivity index (χ1v) is 12.2. The number of carbonyl (C=O) groups excluding carboxylic acids is 1. The topological polar surface area (TPSA) is 74.0 Å². The molecule has 2 aromatic rings. The molecule has 7 heteroatoms. The summed E-state index contributed by atoms with van der Waals surface area (Å²) in [6.45, 7) is 0.890. The van der Waals surface area contributed by atoms with Crippen molar-refractivity contribution in [3.05, 3.63) is 59.7 Å². The molecule has 0 saturated heterocycles. The summed E-state index contributed by atoms with van der Waals surface area (Å²) >= 11 is 1.54. The molecule has 32 heavy (non-hydrogen) atoms. The van der Waals surface area contributed by atoms with Gasteiger partial charge in [-0.1, -0.05) is 30.3 Å². The Bertz CT molecular complexity index is 831. The smallest absolute Gasteiger partial charge is 0.306 e. The average molecular weight is 461 g/mol. The first-order chi connectivity index (χ1) is 15.4. The number of hydrogen-bond acceptors (Lipinski definition) is 7. The summed E-state index contributed by atoms with van der Waals surface area (Å²) in [5, 5.41) is -0.0532. The van der Waals surface area contributed by atoms with Crippen molar-refractivity contribution in [3.63, 3.8) is 0 Å². The standard InChI is InChI=1S/C25H36N2O4S/c1-27(2)17-22(31-25(28)15-14-24(26)32-4)18-30-23-11-6-5-9-20(23)13-12-19-8-7-10-21(16-19)29-3/h5-11,16,22,24H,12-15,17-18,26H2,1-4H3/t22-,24+/m0/s1. The molecule has 0 saturated carbocycles. The van der Waals surface area contributed by atoms with Crippen molar-refractivity contribution < 1.29 is 19.0 Å². The van der Waals surface area contributed by atoms with Gasteiger partial charge in [-0.05, 0) is 68.9 Å². The maximum Gasteiger partial charge on any atom is 0.306 e. The first kappa shape index (κ1) is 26.0. The molecule has 2 atom stereocenters. The molecule has 176 valence electrons. The van der Waals surface area contributed by atoms with Gasteiger partial charge in [0, 0.05) is 13.0 Å². The third-order valence-electron chi connectivity index (χ3n) is 5.02. The van der Waals surface area contributed by atoms with E-state index in [9.17, 15) is 4.79 Å². The Kier molecular flexibility index (Phi) is 11.4. The molecule has 0 aliphatic heterocycles. The number of benzene rings is 2. The molecule has 0 spiro atoms. The van der Waals surface area contributed by atoms with Crippen LogP contribution in [0.4, 0.5) is 0 Å². The molecule has 0 heterocycles. The number of esters is 1. The fourth-order valence-electron chi connectivity index (χ4n) is 3.29. The van der Waals surface area contributed by atoms with Gasteiger partial charge < -0.3 is 24.8 Å². The Balaban J connectivity index is 1.96. The van der Waals surface area contributed by atoms with Crippen LogP contribution in [0.15, 0.2) is 48.5 Å². The largest absolute Gasteiger partial charge is 0.497 e. The Morgan fingerprint density at radius 1 is 1.12 bits per heavy atom. The predicted octanol–water partition coefficient (Wildman–Crippen LogP) is 3.76. The van der Waals surface area contributed by atoms with Gasteiger partial charge in [0.25, 0.3) is 0 Å². The minimum absolute atomic E-state index is 0.0532. The van der Waals surface area contributed by atoms with Crippen molar-refractivity contribution in [2.75, 3.05) is 40.6 Å². The molecule has 0 unspecified atom stereocenters. The normalized spacial score (nSPS) is 12.9. The quantitative estimate of drug-likeness (QED) is 0.340.